The molecule has 6 unspecified atom stereocenters. The second kappa shape index (κ2) is 41.3. The molecule has 0 aromatic heterocycles. The molecule has 2 aliphatic heterocycles. The van der Waals surface area contributed by atoms with E-state index in [1.165, 1.54) is 63.0 Å². The van der Waals surface area contributed by atoms with Gasteiger partial charge in [0.1, 0.15) is 51.3 Å². The Labute approximate surface area is 597 Å². The van der Waals surface area contributed by atoms with E-state index in [-0.39, 0.29) is 171 Å². The molecule has 16 nitrogen and oxygen atoms in total. The molecule has 0 saturated heterocycles. The van der Waals surface area contributed by atoms with Crippen LogP contribution < -0.4 is 9.47 Å². The van der Waals surface area contributed by atoms with E-state index in [0.29, 0.717) is 54.4 Å². The minimum atomic E-state index is -1.15. The van der Waals surface area contributed by atoms with Crippen molar-refractivity contribution in [3.63, 3.8) is 0 Å². The van der Waals surface area contributed by atoms with Gasteiger partial charge in [-0.2, -0.15) is 0 Å². The quantitative estimate of drug-likeness (QED) is 0.0297. The summed E-state index contributed by atoms with van der Waals surface area (Å²) >= 11 is 0. The number of fused-ring (bicyclic) bond motifs is 6. The average Bonchev–Trinajstić information content (AvgIpc) is 0.756. The summed E-state index contributed by atoms with van der Waals surface area (Å²) in [4.78, 5) is 34.9. The van der Waals surface area contributed by atoms with Gasteiger partial charge in [0.25, 0.3) is 0 Å². The molecule has 0 saturated carbocycles. The Hall–Kier alpha value is -4.95. The second-order valence-electron chi connectivity index (χ2n) is 27.5. The summed E-state index contributed by atoms with van der Waals surface area (Å²) in [5, 5.41) is 72.1. The number of hydrogen-bond donors (Lipinski definition) is 7. The van der Waals surface area contributed by atoms with Crippen LogP contribution in [0, 0.1) is 47.5 Å². The molecule has 15 N–H and O–H groups in total. The third-order valence-electron chi connectivity index (χ3n) is 19.4. The van der Waals surface area contributed by atoms with Crippen molar-refractivity contribution in [2.75, 3.05) is 0 Å². The van der Waals surface area contributed by atoms with Gasteiger partial charge in [-0.15, -0.1) is 0 Å². The molecule has 538 valence electrons. The van der Waals surface area contributed by atoms with Crippen LogP contribution in [0.5, 0.6) is 34.5 Å². The summed E-state index contributed by atoms with van der Waals surface area (Å²) in [6.45, 7) is 31.7. The maximum absolute atomic E-state index is 11.8. The van der Waals surface area contributed by atoms with E-state index in [0.717, 1.165) is 84.3 Å². The van der Waals surface area contributed by atoms with E-state index in [2.05, 4.69) is 94.9 Å². The van der Waals surface area contributed by atoms with Crippen molar-refractivity contribution in [2.45, 2.75) is 258 Å². The number of phenolic OH excluding ortho intramolecular Hbond substituents is 3. The van der Waals surface area contributed by atoms with Crippen LogP contribution in [0.2, 0.25) is 0 Å². The van der Waals surface area contributed by atoms with E-state index in [1.807, 2.05) is 44.2 Å². The molecule has 18 heteroatoms. The Morgan fingerprint density at radius 3 is 1.32 bits per heavy atom. The Morgan fingerprint density at radius 2 is 0.957 bits per heavy atom. The topological polar surface area (TPSA) is 345 Å². The van der Waals surface area contributed by atoms with Crippen LogP contribution in [0.1, 0.15) is 273 Å². The Kier molecular flexibility index (Phi) is 43.0. The summed E-state index contributed by atoms with van der Waals surface area (Å²) in [6, 6.07) is 9.48. The number of hydrogen-bond acceptors (Lipinski definition) is 9. The van der Waals surface area contributed by atoms with Gasteiger partial charge in [0.2, 0.25) is 0 Å². The normalized spacial score (nSPS) is 19.6. The van der Waals surface area contributed by atoms with Crippen molar-refractivity contribution < 1.29 is 102 Å². The smallest absolute Gasteiger partial charge is 0.693 e. The number of aromatic carboxylic acids is 1. The zero-order valence-electron chi connectivity index (χ0n) is 60.0. The number of benzene rings is 3. The molecule has 5 aliphatic rings. The largest absolute Gasteiger partial charge is 4.00 e. The number of unbranched alkanes of at least 4 members (excludes halogenated alkanes) is 8. The molecule has 0 amide bonds. The van der Waals surface area contributed by atoms with Gasteiger partial charge in [0.15, 0.2) is 0 Å². The van der Waals surface area contributed by atoms with Crippen LogP contribution in [-0.4, -0.2) is 64.9 Å². The Balaban J connectivity index is -0.000000401. The molecule has 0 fully saturated rings. The Bertz CT molecular complexity index is 2870. The zero-order chi connectivity index (χ0) is 62.2. The van der Waals surface area contributed by atoms with Gasteiger partial charge in [-0.25, -0.2) is 14.4 Å². The first-order valence-electron chi connectivity index (χ1n) is 31.5. The molecular weight excluding hydrogens is 1550 g/mol. The van der Waals surface area contributed by atoms with Crippen LogP contribution in [0.15, 0.2) is 77.4 Å². The summed E-state index contributed by atoms with van der Waals surface area (Å²) in [5.41, 5.74) is 6.58. The van der Waals surface area contributed by atoms with E-state index in [4.69, 9.17) is 9.47 Å². The number of rotatable bonds is 21. The number of nitrogens with two attached hydrogens (primary N) is 4. The number of carboxylic acids is 3. The Morgan fingerprint density at radius 1 is 0.574 bits per heavy atom. The van der Waals surface area contributed by atoms with Crippen LogP contribution >= 0.6 is 0 Å². The fourth-order valence-corrected chi connectivity index (χ4v) is 14.2. The number of ether oxygens (including phenoxy) is 2. The SMILES string of the molecule is C=C(C)C1CCC(C)=CC1c1c(O)cc(CCCCC)c(C(=O)O)c1O.CCCCCCC(C)(C)c1cc(O)c2c(c1)OC(C)(C)C1CC=C(C(=O)O)CC21.CCCCCCC(C)(C)c1cc(O)c2c(c1)OC(C)(C)C1CC=C(C(=O)O)CC21.[CH3-].[CH3-].[CH3-].[CH3-].[NH2-].[NH2-].[NH2-].[NH2-].[Pt+4].[Pt+4]. The molecule has 3 aliphatic carbocycles. The van der Waals surface area contributed by atoms with Gasteiger partial charge < -0.3 is 99.5 Å². The number of aromatic hydroxyl groups is 4. The van der Waals surface area contributed by atoms with Gasteiger partial charge in [-0.1, -0.05) is 149 Å². The van der Waals surface area contributed by atoms with Crippen molar-refractivity contribution in [1.82, 2.24) is 0 Å². The molecule has 3 aromatic carbocycles. The summed E-state index contributed by atoms with van der Waals surface area (Å²) in [5.74, 6) is -1.23. The molecule has 0 radical (unpaired) electrons. The van der Waals surface area contributed by atoms with Crippen molar-refractivity contribution in [2.24, 2.45) is 17.8 Å². The number of carbonyl (C=O) groups is 3. The van der Waals surface area contributed by atoms with Crippen molar-refractivity contribution in [3.8, 4) is 34.5 Å². The molecule has 3 aromatic rings. The molecule has 8 rings (SSSR count). The minimum absolute atomic E-state index is 0. The standard InChI is InChI=1S/2C25H36O4.C22H30O4.4CH3.4H2N.2Pt/c2*1-6-7-8-9-12-24(2,3)17-14-20(26)22-18-13-16(23(27)28)10-11-19(18)25(4,5)29-21(22)15-17;1-5-6-7-8-15-12-18(23)20(21(24)19(15)22(25)26)17-11-14(4)9-10-16(17)13(2)3;;;;;;;;;;/h2*10,14-15,18-19,26H,6-9,11-13H2,1-5H3,(H,27,28);11-12,16-17,23-24H,2,5-10H2,1,3-4H3,(H,25,26);4*1H3;4*1H2;;/q;;;8*-1;2*+4. The van der Waals surface area contributed by atoms with Crippen LogP contribution in [0.25, 0.3) is 24.6 Å². The van der Waals surface area contributed by atoms with E-state index >= 15 is 0 Å². The second-order valence-corrected chi connectivity index (χ2v) is 27.5. The molecule has 0 spiro atoms. The average molecular weight is 1670 g/mol. The van der Waals surface area contributed by atoms with Gasteiger partial charge in [-0.05, 0) is 170 Å². The first kappa shape index (κ1) is 97.7. The van der Waals surface area contributed by atoms with E-state index < -0.39 is 29.1 Å². The summed E-state index contributed by atoms with van der Waals surface area (Å²) < 4.78 is 12.8. The van der Waals surface area contributed by atoms with Gasteiger partial charge in [-0.3, -0.25) is 0 Å². The maximum Gasteiger partial charge on any atom is 4.00 e. The monoisotopic (exact) mass is 1670 g/mol. The number of aryl methyl sites for hydroxylation is 1. The number of carboxylic acid groups (broad SMARTS) is 3. The number of allylic oxidation sites excluding steroid dienone is 5. The molecule has 2 heterocycles. The minimum Gasteiger partial charge on any atom is -0.693 e. The van der Waals surface area contributed by atoms with Crippen LogP contribution in [0.4, 0.5) is 0 Å². The van der Waals surface area contributed by atoms with Crippen molar-refractivity contribution in [1.29, 1.82) is 0 Å². The van der Waals surface area contributed by atoms with E-state index in [9.17, 15) is 50.1 Å². The first-order chi connectivity index (χ1) is 39.4. The van der Waals surface area contributed by atoms with Gasteiger partial charge >= 0.3 is 60.0 Å². The van der Waals surface area contributed by atoms with Crippen LogP contribution in [-0.2, 0) is 69.0 Å². The number of aliphatic carboxylic acids is 2. The maximum atomic E-state index is 11.8. The van der Waals surface area contributed by atoms with E-state index in [1.54, 1.807) is 0 Å². The van der Waals surface area contributed by atoms with Crippen LogP contribution in [0.3, 0.4) is 0 Å². The van der Waals surface area contributed by atoms with Crippen molar-refractivity contribution in [3.05, 3.63) is 171 Å². The van der Waals surface area contributed by atoms with Crippen molar-refractivity contribution >= 4 is 17.9 Å². The molecule has 6 atom stereocenters. The zero-order valence-corrected chi connectivity index (χ0v) is 64.6. The molecular formula is C76H122N4O12Pt2. The fourth-order valence-electron chi connectivity index (χ4n) is 14.2. The van der Waals surface area contributed by atoms with Gasteiger partial charge in [0, 0.05) is 57.4 Å². The number of phenols is 4. The fraction of sp³-hybridized carbons (Fsp3) is 0.566. The third kappa shape index (κ3) is 23.1. The first-order valence-corrected chi connectivity index (χ1v) is 31.5. The third-order valence-corrected chi connectivity index (χ3v) is 19.4. The predicted octanol–water partition coefficient (Wildman–Crippen LogP) is 22.8. The molecule has 0 bridgehead atoms. The summed E-state index contributed by atoms with van der Waals surface area (Å²) in [7, 11) is 0. The molecule has 94 heavy (non-hydrogen) atoms. The predicted molar refractivity (Wildman–Crippen MR) is 382 cm³/mol. The summed E-state index contributed by atoms with van der Waals surface area (Å²) in [6.07, 6.45) is 24.9. The van der Waals surface area contributed by atoms with Gasteiger partial charge in [0.05, 0.1) is 0 Å².